The van der Waals surface area contributed by atoms with Gasteiger partial charge in [0.1, 0.15) is 0 Å². The van der Waals surface area contributed by atoms with E-state index in [1.807, 2.05) is 30.3 Å². The first kappa shape index (κ1) is 9.11. The van der Waals surface area contributed by atoms with Crippen molar-refractivity contribution < 1.29 is 0 Å². The van der Waals surface area contributed by atoms with Crippen LogP contribution in [-0.2, 0) is 0 Å². The van der Waals surface area contributed by atoms with Crippen molar-refractivity contribution in [3.63, 3.8) is 0 Å². The fraction of sp³-hybridized carbons (Fsp3) is 0.125. The number of rotatable bonds is 2. The van der Waals surface area contributed by atoms with E-state index in [4.69, 9.17) is 0 Å². The lowest BCUT2D eigenvalue weighted by Gasteiger charge is -1.94. The quantitative estimate of drug-likeness (QED) is 0.656. The van der Waals surface area contributed by atoms with Gasteiger partial charge in [-0.25, -0.2) is 0 Å². The Labute approximate surface area is 67.1 Å². The second kappa shape index (κ2) is 4.94. The van der Waals surface area contributed by atoms with Crippen molar-refractivity contribution in [2.75, 3.05) is 5.32 Å². The van der Waals surface area contributed by atoms with Crippen LogP contribution in [0, 0.1) is 0 Å². The lowest BCUT2D eigenvalue weighted by molar-refractivity contribution is 1.67. The largest absolute Gasteiger partial charge is 0.353 e. The Bertz CT molecular complexity index is 184. The third-order valence-corrected chi connectivity index (χ3v) is 1.12. The normalized spacial score (nSPS) is 7.60. The van der Waals surface area contributed by atoms with Gasteiger partial charge in [-0.2, -0.15) is 0 Å². The van der Waals surface area contributed by atoms with Crippen molar-refractivity contribution >= 4 is 23.4 Å². The van der Waals surface area contributed by atoms with Gasteiger partial charge in [0.15, 0.2) is 0 Å². The molecule has 1 rings (SSSR count). The minimum atomic E-state index is 0. The zero-order chi connectivity index (χ0) is 6.53. The summed E-state index contributed by atoms with van der Waals surface area (Å²) in [6, 6.07) is 9.81. The van der Waals surface area contributed by atoms with Crippen molar-refractivity contribution in [1.29, 1.82) is 0 Å². The average molecular weight is 153 g/mol. The molecule has 0 aliphatic heterocycles. The van der Waals surface area contributed by atoms with Crippen LogP contribution in [0.3, 0.4) is 0 Å². The predicted molar refractivity (Wildman–Crippen MR) is 50.5 cm³/mol. The van der Waals surface area contributed by atoms with E-state index in [0.717, 1.165) is 5.69 Å². The Kier molecular flexibility index (Phi) is 4.50. The van der Waals surface area contributed by atoms with Gasteiger partial charge < -0.3 is 5.32 Å². The van der Waals surface area contributed by atoms with E-state index in [-0.39, 0.29) is 7.43 Å². The van der Waals surface area contributed by atoms with Crippen molar-refractivity contribution in [1.82, 2.24) is 0 Å². The molecule has 0 aromatic heterocycles. The molecular weight excluding hydrogens is 142 g/mol. The van der Waals surface area contributed by atoms with Crippen LogP contribution < -0.4 is 5.32 Å². The fourth-order valence-corrected chi connectivity index (χ4v) is 0.739. The highest BCUT2D eigenvalue weighted by molar-refractivity contribution is 7.79. The van der Waals surface area contributed by atoms with Gasteiger partial charge in [0, 0.05) is 5.69 Å². The summed E-state index contributed by atoms with van der Waals surface area (Å²) in [4.78, 5) is 0. The summed E-state index contributed by atoms with van der Waals surface area (Å²) in [6.07, 6.45) is 0. The third-order valence-electron chi connectivity index (χ3n) is 0.999. The first-order valence-corrected chi connectivity index (χ1v) is 3.16. The highest BCUT2D eigenvalue weighted by Crippen LogP contribution is 2.02. The summed E-state index contributed by atoms with van der Waals surface area (Å²) in [5.41, 5.74) is 2.53. The number of anilines is 1. The van der Waals surface area contributed by atoms with Crippen molar-refractivity contribution in [2.24, 2.45) is 0 Å². The van der Waals surface area contributed by atoms with E-state index in [9.17, 15) is 0 Å². The van der Waals surface area contributed by atoms with Gasteiger partial charge in [-0.05, 0) is 12.1 Å². The molecule has 0 aliphatic rings. The van der Waals surface area contributed by atoms with Crippen LogP contribution in [-0.4, -0.2) is 5.49 Å². The molecule has 0 saturated heterocycles. The summed E-state index contributed by atoms with van der Waals surface area (Å²) >= 11 is 4.60. The molecule has 0 spiro atoms. The fourth-order valence-electron chi connectivity index (χ4n) is 0.602. The van der Waals surface area contributed by atoms with E-state index in [0.29, 0.717) is 0 Å². The highest BCUT2D eigenvalue weighted by atomic mass is 32.1. The molecule has 1 aromatic carbocycles. The van der Waals surface area contributed by atoms with Gasteiger partial charge in [-0.1, -0.05) is 37.8 Å². The second-order valence-corrected chi connectivity index (χ2v) is 1.86. The molecule has 0 saturated carbocycles. The van der Waals surface area contributed by atoms with Crippen LogP contribution in [0.2, 0.25) is 0 Å². The number of hydrogen-bond donors (Lipinski definition) is 1. The molecule has 2 heteroatoms. The molecule has 0 bridgehead atoms. The lowest BCUT2D eigenvalue weighted by Crippen LogP contribution is -1.89. The summed E-state index contributed by atoms with van der Waals surface area (Å²) in [6.45, 7) is 0. The number of nitrogens with one attached hydrogen (secondary N) is 1. The van der Waals surface area contributed by atoms with Crippen molar-refractivity contribution in [3.8, 4) is 0 Å². The number of para-hydroxylation sites is 1. The summed E-state index contributed by atoms with van der Waals surface area (Å²) in [5, 5.41) is 2.90. The van der Waals surface area contributed by atoms with Gasteiger partial charge in [0.25, 0.3) is 0 Å². The van der Waals surface area contributed by atoms with Crippen LogP contribution in [0.5, 0.6) is 0 Å². The molecule has 10 heavy (non-hydrogen) atoms. The molecule has 0 amide bonds. The van der Waals surface area contributed by atoms with Gasteiger partial charge >= 0.3 is 0 Å². The predicted octanol–water partition coefficient (Wildman–Crippen LogP) is 2.69. The smallest absolute Gasteiger partial charge is 0.0658 e. The number of thiocarbonyl (C=S) groups is 1. The molecule has 0 unspecified atom stereocenters. The zero-order valence-electron chi connectivity index (χ0n) is 4.87. The third kappa shape index (κ3) is 2.60. The van der Waals surface area contributed by atoms with Crippen LogP contribution in [0.15, 0.2) is 30.3 Å². The van der Waals surface area contributed by atoms with Gasteiger partial charge in [-0.15, -0.1) is 0 Å². The first-order chi connectivity index (χ1) is 4.43. The molecule has 0 radical (unpaired) electrons. The second-order valence-electron chi connectivity index (χ2n) is 1.63. The lowest BCUT2D eigenvalue weighted by atomic mass is 10.3. The molecule has 1 nitrogen and oxygen atoms in total. The molecule has 1 aromatic rings. The molecule has 1 N–H and O–H groups in total. The van der Waals surface area contributed by atoms with E-state index < -0.39 is 0 Å². The van der Waals surface area contributed by atoms with Gasteiger partial charge in [-0.3, -0.25) is 0 Å². The average Bonchev–Trinajstić information content (AvgIpc) is 1.91. The molecule has 0 atom stereocenters. The molecule has 0 fully saturated rings. The van der Waals surface area contributed by atoms with E-state index >= 15 is 0 Å². The highest BCUT2D eigenvalue weighted by Gasteiger charge is 1.80. The summed E-state index contributed by atoms with van der Waals surface area (Å²) in [5.74, 6) is 0. The van der Waals surface area contributed by atoms with E-state index in [1.54, 1.807) is 0 Å². The van der Waals surface area contributed by atoms with Gasteiger partial charge in [0.2, 0.25) is 0 Å². The molecule has 0 heterocycles. The standard InChI is InChI=1S/C7H7NS.CH4/c9-6-8-7-4-2-1-3-5-7;/h1-6H,(H,8,9);1H4. The summed E-state index contributed by atoms with van der Waals surface area (Å²) < 4.78 is 0. The van der Waals surface area contributed by atoms with Crippen LogP contribution in [0.4, 0.5) is 5.69 Å². The zero-order valence-corrected chi connectivity index (χ0v) is 5.69. The Balaban J connectivity index is 0.000000810. The molecular formula is C8H11NS. The van der Waals surface area contributed by atoms with Crippen molar-refractivity contribution in [2.45, 2.75) is 7.43 Å². The minimum Gasteiger partial charge on any atom is -0.353 e. The molecule has 0 aliphatic carbocycles. The van der Waals surface area contributed by atoms with E-state index in [1.165, 1.54) is 5.49 Å². The summed E-state index contributed by atoms with van der Waals surface area (Å²) in [7, 11) is 0. The van der Waals surface area contributed by atoms with Crippen molar-refractivity contribution in [3.05, 3.63) is 30.3 Å². The van der Waals surface area contributed by atoms with Crippen LogP contribution in [0.25, 0.3) is 0 Å². The Hall–Kier alpha value is -0.890. The molecule has 54 valence electrons. The number of benzene rings is 1. The Morgan fingerprint density at radius 2 is 1.80 bits per heavy atom. The SMILES string of the molecule is C.S=CNc1ccccc1. The Morgan fingerprint density at radius 3 is 2.30 bits per heavy atom. The maximum absolute atomic E-state index is 4.60. The van der Waals surface area contributed by atoms with Crippen LogP contribution in [0.1, 0.15) is 7.43 Å². The maximum Gasteiger partial charge on any atom is 0.0658 e. The minimum absolute atomic E-state index is 0. The van der Waals surface area contributed by atoms with Gasteiger partial charge in [0.05, 0.1) is 5.49 Å². The topological polar surface area (TPSA) is 12.0 Å². The van der Waals surface area contributed by atoms with E-state index in [2.05, 4.69) is 17.5 Å². The number of hydrogen-bond acceptors (Lipinski definition) is 1. The first-order valence-electron chi connectivity index (χ1n) is 2.69. The van der Waals surface area contributed by atoms with Crippen LogP contribution >= 0.6 is 12.2 Å². The monoisotopic (exact) mass is 153 g/mol. The Morgan fingerprint density at radius 1 is 1.20 bits per heavy atom. The maximum atomic E-state index is 4.60.